The van der Waals surface area contributed by atoms with E-state index < -0.39 is 0 Å². The minimum absolute atomic E-state index is 0.00731. The molecule has 0 atom stereocenters. The zero-order valence-corrected chi connectivity index (χ0v) is 24.5. The molecule has 0 spiro atoms. The lowest BCUT2D eigenvalue weighted by Gasteiger charge is -2.41. The molecule has 6 rings (SSSR count). The first kappa shape index (κ1) is 26.7. The maximum atomic E-state index is 5.75. The number of nitrogens with zero attached hydrogens (tertiary/aromatic N) is 1. The van der Waals surface area contributed by atoms with Gasteiger partial charge in [-0.05, 0) is 99.7 Å². The Morgan fingerprint density at radius 3 is 2.23 bits per heavy atom. The molecular formula is C38H43NO. The fourth-order valence-corrected chi connectivity index (χ4v) is 7.32. The van der Waals surface area contributed by atoms with Crippen molar-refractivity contribution < 1.29 is 4.74 Å². The lowest BCUT2D eigenvalue weighted by Crippen LogP contribution is -2.36. The van der Waals surface area contributed by atoms with Crippen LogP contribution in [0.2, 0.25) is 0 Å². The number of para-hydroxylation sites is 1. The summed E-state index contributed by atoms with van der Waals surface area (Å²) in [5.74, 6) is 0.951. The number of aromatic nitrogens is 1. The Hall–Kier alpha value is -3.52. The van der Waals surface area contributed by atoms with Gasteiger partial charge < -0.3 is 9.30 Å². The number of hydrogen-bond donors (Lipinski definition) is 0. The van der Waals surface area contributed by atoms with E-state index >= 15 is 0 Å². The predicted octanol–water partition coefficient (Wildman–Crippen LogP) is 8.81. The molecule has 0 bridgehead atoms. The fourth-order valence-electron chi connectivity index (χ4n) is 7.32. The first-order chi connectivity index (χ1) is 19.7. The Balaban J connectivity index is 1.60. The summed E-state index contributed by atoms with van der Waals surface area (Å²) in [7, 11) is 1.79. The van der Waals surface area contributed by atoms with Gasteiger partial charge in [0.15, 0.2) is 0 Å². The van der Waals surface area contributed by atoms with Crippen molar-refractivity contribution in [3.05, 3.63) is 100 Å². The second-order valence-electron chi connectivity index (χ2n) is 11.8. The van der Waals surface area contributed by atoms with E-state index in [1.165, 1.54) is 103 Å². The van der Waals surface area contributed by atoms with E-state index in [0.29, 0.717) is 0 Å². The van der Waals surface area contributed by atoms with E-state index in [1.54, 1.807) is 18.2 Å². The van der Waals surface area contributed by atoms with Gasteiger partial charge in [-0.2, -0.15) is 0 Å². The zero-order chi connectivity index (χ0) is 27.5. The summed E-state index contributed by atoms with van der Waals surface area (Å²) in [6, 6.07) is 22.2. The second-order valence-corrected chi connectivity index (χ2v) is 11.8. The molecule has 0 saturated carbocycles. The average molecular weight is 530 g/mol. The molecule has 2 aromatic rings. The van der Waals surface area contributed by atoms with E-state index in [-0.39, 0.29) is 5.41 Å². The molecule has 0 radical (unpaired) electrons. The normalized spacial score (nSPS) is 14.9. The van der Waals surface area contributed by atoms with Gasteiger partial charge in [0.05, 0.1) is 7.11 Å². The molecule has 40 heavy (non-hydrogen) atoms. The smallest absolute Gasteiger partial charge is 0.119 e. The van der Waals surface area contributed by atoms with Crippen molar-refractivity contribution >= 4 is 17.7 Å². The molecule has 2 heteroatoms. The molecule has 0 amide bonds. The molecule has 206 valence electrons. The maximum Gasteiger partial charge on any atom is 0.119 e. The van der Waals surface area contributed by atoms with E-state index in [9.17, 15) is 0 Å². The molecule has 2 aromatic carbocycles. The van der Waals surface area contributed by atoms with Crippen LogP contribution < -0.4 is 15.2 Å². The van der Waals surface area contributed by atoms with Crippen LogP contribution in [-0.2, 0) is 5.41 Å². The molecule has 3 aliphatic carbocycles. The van der Waals surface area contributed by atoms with Gasteiger partial charge in [-0.25, -0.2) is 0 Å². The molecule has 0 aromatic heterocycles. The lowest BCUT2D eigenvalue weighted by molar-refractivity contribution is 0.412. The molecule has 2 nitrogen and oxygen atoms in total. The van der Waals surface area contributed by atoms with Crippen LogP contribution in [0, 0.1) is 0 Å². The quantitative estimate of drug-likeness (QED) is 0.167. The second kappa shape index (κ2) is 11.5. The summed E-state index contributed by atoms with van der Waals surface area (Å²) in [6.45, 7) is 4.63. The number of unbranched alkanes of at least 4 members (excludes halogenated alkanes) is 6. The number of allylic oxidation sites excluding steroid dienone is 1. The number of pyridine rings is 1. The summed E-state index contributed by atoms with van der Waals surface area (Å²) in [5.41, 5.74) is 9.90. The third-order valence-corrected chi connectivity index (χ3v) is 9.23. The molecule has 0 unspecified atom stereocenters. The Kier molecular flexibility index (Phi) is 7.69. The van der Waals surface area contributed by atoms with Crippen molar-refractivity contribution in [1.29, 1.82) is 0 Å². The Morgan fingerprint density at radius 2 is 1.52 bits per heavy atom. The first-order valence-electron chi connectivity index (χ1n) is 15.5. The van der Waals surface area contributed by atoms with Crippen LogP contribution >= 0.6 is 0 Å². The molecule has 0 N–H and O–H groups in total. The van der Waals surface area contributed by atoms with Crippen LogP contribution in [0.3, 0.4) is 0 Å². The summed E-state index contributed by atoms with van der Waals surface area (Å²) in [5, 5.41) is 2.71. The highest BCUT2D eigenvalue weighted by atomic mass is 16.5. The standard InChI is InChI=1S/C38H43NO/c1-4-6-8-13-20-38(21-14-9-7-5-2)36-30(23-28-17-18-33(40-3)26-34(28)36)25-31-24-29-19-22-39(27-35(29)37(31)38)32-15-11-10-12-16-32/h10-12,15-19,22-27H,4-9,13-14,20-21H2,1-3H3. The minimum atomic E-state index is -0.00731. The van der Waals surface area contributed by atoms with Gasteiger partial charge in [0.25, 0.3) is 0 Å². The first-order valence-corrected chi connectivity index (χ1v) is 15.5. The number of rotatable bonds is 12. The van der Waals surface area contributed by atoms with Gasteiger partial charge in [0.2, 0.25) is 0 Å². The third kappa shape index (κ3) is 4.72. The van der Waals surface area contributed by atoms with Crippen molar-refractivity contribution in [3.63, 3.8) is 0 Å². The predicted molar refractivity (Wildman–Crippen MR) is 170 cm³/mol. The van der Waals surface area contributed by atoms with Crippen LogP contribution in [0.5, 0.6) is 5.75 Å². The van der Waals surface area contributed by atoms with Crippen molar-refractivity contribution in [1.82, 2.24) is 4.57 Å². The molecule has 1 aliphatic heterocycles. The van der Waals surface area contributed by atoms with Crippen molar-refractivity contribution in [2.45, 2.75) is 83.5 Å². The van der Waals surface area contributed by atoms with Crippen LogP contribution in [0.1, 0.15) is 89.2 Å². The summed E-state index contributed by atoms with van der Waals surface area (Å²) in [6.07, 6.45) is 22.2. The molecular weight excluding hydrogens is 486 g/mol. The monoisotopic (exact) mass is 529 g/mol. The number of benzene rings is 2. The third-order valence-electron chi connectivity index (χ3n) is 9.23. The van der Waals surface area contributed by atoms with Crippen LogP contribution in [0.25, 0.3) is 34.5 Å². The van der Waals surface area contributed by atoms with Gasteiger partial charge in [-0.1, -0.05) is 89.5 Å². The van der Waals surface area contributed by atoms with Crippen molar-refractivity contribution in [2.75, 3.05) is 7.11 Å². The number of ether oxygens (including phenoxy) is 1. The highest BCUT2D eigenvalue weighted by Gasteiger charge is 2.44. The summed E-state index contributed by atoms with van der Waals surface area (Å²) >= 11 is 0. The van der Waals surface area contributed by atoms with E-state index in [1.807, 2.05) is 0 Å². The SMILES string of the molecule is CCCCCCC1(CCCCCC)C2=c3cc(OC)ccc3=CC2=Cc2cc3ccn(-c4ccccc4)cc-3c21. The Morgan fingerprint density at radius 1 is 0.775 bits per heavy atom. The number of fused-ring (bicyclic) bond motifs is 5. The molecule has 0 saturated heterocycles. The number of methoxy groups -OCH3 is 1. The van der Waals surface area contributed by atoms with Crippen LogP contribution in [0.15, 0.2) is 78.6 Å². The Labute approximate surface area is 240 Å². The zero-order valence-electron chi connectivity index (χ0n) is 24.5. The highest BCUT2D eigenvalue weighted by molar-refractivity contribution is 6.00. The van der Waals surface area contributed by atoms with E-state index in [2.05, 4.69) is 104 Å². The van der Waals surface area contributed by atoms with Crippen molar-refractivity contribution in [2.24, 2.45) is 0 Å². The van der Waals surface area contributed by atoms with Gasteiger partial charge in [-0.3, -0.25) is 0 Å². The van der Waals surface area contributed by atoms with E-state index in [0.717, 1.165) is 5.75 Å². The van der Waals surface area contributed by atoms with Gasteiger partial charge in [0, 0.05) is 29.1 Å². The van der Waals surface area contributed by atoms with Gasteiger partial charge in [-0.15, -0.1) is 0 Å². The van der Waals surface area contributed by atoms with Crippen LogP contribution in [0.4, 0.5) is 0 Å². The van der Waals surface area contributed by atoms with Crippen molar-refractivity contribution in [3.8, 4) is 22.6 Å². The van der Waals surface area contributed by atoms with Gasteiger partial charge in [0.1, 0.15) is 5.75 Å². The number of hydrogen-bond acceptors (Lipinski definition) is 1. The highest BCUT2D eigenvalue weighted by Crippen LogP contribution is 2.55. The maximum absolute atomic E-state index is 5.75. The Bertz CT molecular complexity index is 1590. The average Bonchev–Trinajstić information content (AvgIpc) is 3.55. The molecule has 0 fully saturated rings. The van der Waals surface area contributed by atoms with Crippen LogP contribution in [-0.4, -0.2) is 11.7 Å². The van der Waals surface area contributed by atoms with Gasteiger partial charge >= 0.3 is 0 Å². The summed E-state index contributed by atoms with van der Waals surface area (Å²) < 4.78 is 8.06. The largest absolute Gasteiger partial charge is 0.497 e. The lowest BCUT2D eigenvalue weighted by atomic mass is 9.62. The fraction of sp³-hybridized carbons (Fsp3) is 0.368. The molecule has 4 aliphatic rings. The molecule has 1 heterocycles. The summed E-state index contributed by atoms with van der Waals surface area (Å²) in [4.78, 5) is 0. The van der Waals surface area contributed by atoms with E-state index in [4.69, 9.17) is 4.74 Å². The minimum Gasteiger partial charge on any atom is -0.497 e. The topological polar surface area (TPSA) is 14.2 Å².